The molecular formula is C16H23N3O3. The van der Waals surface area contributed by atoms with Crippen molar-refractivity contribution in [2.45, 2.75) is 39.8 Å². The maximum Gasteiger partial charge on any atom is 0.307 e. The van der Waals surface area contributed by atoms with Gasteiger partial charge in [0.15, 0.2) is 0 Å². The molecule has 22 heavy (non-hydrogen) atoms. The number of carboxylic acid groups (broad SMARTS) is 1. The smallest absolute Gasteiger partial charge is 0.307 e. The highest BCUT2D eigenvalue weighted by molar-refractivity contribution is 5.85. The first-order valence-electron chi connectivity index (χ1n) is 7.59. The maximum absolute atomic E-state index is 12.6. The lowest BCUT2D eigenvalue weighted by molar-refractivity contribution is -0.150. The molecular weight excluding hydrogens is 282 g/mol. The third-order valence-corrected chi connectivity index (χ3v) is 4.35. The van der Waals surface area contributed by atoms with Crippen molar-refractivity contribution >= 4 is 11.9 Å². The molecule has 6 nitrogen and oxygen atoms in total. The Morgan fingerprint density at radius 1 is 1.36 bits per heavy atom. The van der Waals surface area contributed by atoms with Crippen LogP contribution in [0, 0.1) is 18.8 Å². The van der Waals surface area contributed by atoms with Crippen molar-refractivity contribution < 1.29 is 14.7 Å². The van der Waals surface area contributed by atoms with Crippen LogP contribution in [0.15, 0.2) is 18.3 Å². The predicted octanol–water partition coefficient (Wildman–Crippen LogP) is 1.84. The second kappa shape index (κ2) is 6.77. The quantitative estimate of drug-likeness (QED) is 0.842. The number of amides is 1. The average molecular weight is 305 g/mol. The van der Waals surface area contributed by atoms with Gasteiger partial charge in [0.25, 0.3) is 0 Å². The lowest BCUT2D eigenvalue weighted by Gasteiger charge is -2.28. The third kappa shape index (κ3) is 3.21. The number of aliphatic carboxylic acids is 1. The Balaban J connectivity index is 2.09. The highest BCUT2D eigenvalue weighted by atomic mass is 16.4. The molecule has 0 spiro atoms. The van der Waals surface area contributed by atoms with Crippen LogP contribution < -0.4 is 0 Å². The van der Waals surface area contributed by atoms with Gasteiger partial charge in [0.1, 0.15) is 0 Å². The number of aryl methyl sites for hydroxylation is 1. The van der Waals surface area contributed by atoms with E-state index in [0.29, 0.717) is 19.4 Å². The molecule has 1 aromatic heterocycles. The molecule has 0 aromatic carbocycles. The Morgan fingerprint density at radius 2 is 2.00 bits per heavy atom. The molecule has 1 aliphatic rings. The lowest BCUT2D eigenvalue weighted by atomic mass is 9.82. The largest absolute Gasteiger partial charge is 0.481 e. The van der Waals surface area contributed by atoms with Gasteiger partial charge in [-0.2, -0.15) is 5.10 Å². The fourth-order valence-electron chi connectivity index (χ4n) is 2.94. The number of nitrogens with zero attached hydrogens (tertiary/aromatic N) is 3. The van der Waals surface area contributed by atoms with Crippen molar-refractivity contribution in [1.29, 1.82) is 0 Å². The van der Waals surface area contributed by atoms with Gasteiger partial charge in [-0.15, -0.1) is 0 Å². The fraction of sp³-hybridized carbons (Fsp3) is 0.562. The molecule has 1 heterocycles. The number of carbonyl (C=O) groups is 2. The minimum absolute atomic E-state index is 0.111. The highest BCUT2D eigenvalue weighted by Crippen LogP contribution is 2.28. The number of rotatable bonds is 5. The van der Waals surface area contributed by atoms with Crippen molar-refractivity contribution in [3.8, 4) is 0 Å². The zero-order valence-electron chi connectivity index (χ0n) is 13.3. The van der Waals surface area contributed by atoms with E-state index in [9.17, 15) is 14.7 Å². The van der Waals surface area contributed by atoms with Crippen LogP contribution in [-0.4, -0.2) is 38.7 Å². The molecule has 1 N–H and O–H groups in total. The summed E-state index contributed by atoms with van der Waals surface area (Å²) in [6.07, 6.45) is 6.44. The molecule has 0 fully saturated rings. The summed E-state index contributed by atoms with van der Waals surface area (Å²) >= 11 is 0. The number of carboxylic acids is 1. The maximum atomic E-state index is 12.6. The van der Waals surface area contributed by atoms with Gasteiger partial charge < -0.3 is 10.0 Å². The van der Waals surface area contributed by atoms with Crippen molar-refractivity contribution in [2.75, 3.05) is 7.05 Å². The van der Waals surface area contributed by atoms with Crippen molar-refractivity contribution in [2.24, 2.45) is 11.8 Å². The molecule has 1 aliphatic carbocycles. The molecule has 6 heteroatoms. The Labute approximate surface area is 130 Å². The molecule has 0 unspecified atom stereocenters. The molecule has 0 saturated heterocycles. The highest BCUT2D eigenvalue weighted by Gasteiger charge is 2.35. The summed E-state index contributed by atoms with van der Waals surface area (Å²) in [6, 6.07) is 0. The van der Waals surface area contributed by atoms with Gasteiger partial charge in [-0.05, 0) is 26.7 Å². The van der Waals surface area contributed by atoms with Gasteiger partial charge in [0.2, 0.25) is 5.91 Å². The average Bonchev–Trinajstić information content (AvgIpc) is 2.86. The van der Waals surface area contributed by atoms with Crippen LogP contribution in [0.3, 0.4) is 0 Å². The number of hydrogen-bond donors (Lipinski definition) is 1. The number of carbonyl (C=O) groups excluding carboxylic acids is 1. The number of hydrogen-bond acceptors (Lipinski definition) is 3. The minimum Gasteiger partial charge on any atom is -0.481 e. The summed E-state index contributed by atoms with van der Waals surface area (Å²) in [7, 11) is 1.72. The first kappa shape index (κ1) is 16.3. The third-order valence-electron chi connectivity index (χ3n) is 4.35. The van der Waals surface area contributed by atoms with E-state index in [-0.39, 0.29) is 5.91 Å². The van der Waals surface area contributed by atoms with Crippen molar-refractivity contribution in [3.63, 3.8) is 0 Å². The topological polar surface area (TPSA) is 75.4 Å². The first-order valence-corrected chi connectivity index (χ1v) is 7.59. The molecule has 2 rings (SSSR count). The van der Waals surface area contributed by atoms with Gasteiger partial charge in [-0.3, -0.25) is 14.3 Å². The van der Waals surface area contributed by atoms with Gasteiger partial charge in [-0.1, -0.05) is 12.2 Å². The predicted molar refractivity (Wildman–Crippen MR) is 82.1 cm³/mol. The summed E-state index contributed by atoms with van der Waals surface area (Å²) in [5.41, 5.74) is 2.04. The molecule has 1 amide bonds. The van der Waals surface area contributed by atoms with E-state index in [1.165, 1.54) is 0 Å². The molecule has 0 aliphatic heterocycles. The van der Waals surface area contributed by atoms with Crippen LogP contribution >= 0.6 is 0 Å². The van der Waals surface area contributed by atoms with E-state index < -0.39 is 17.8 Å². The summed E-state index contributed by atoms with van der Waals surface area (Å²) in [5.74, 6) is -2.11. The molecule has 0 radical (unpaired) electrons. The van der Waals surface area contributed by atoms with Crippen LogP contribution in [0.5, 0.6) is 0 Å². The summed E-state index contributed by atoms with van der Waals surface area (Å²) in [5, 5.41) is 13.6. The van der Waals surface area contributed by atoms with Gasteiger partial charge in [0.05, 0.1) is 18.0 Å². The molecule has 1 aromatic rings. The van der Waals surface area contributed by atoms with Crippen LogP contribution in [0.2, 0.25) is 0 Å². The monoisotopic (exact) mass is 305 g/mol. The second-order valence-corrected chi connectivity index (χ2v) is 5.76. The van der Waals surface area contributed by atoms with Crippen molar-refractivity contribution in [1.82, 2.24) is 14.7 Å². The van der Waals surface area contributed by atoms with E-state index in [4.69, 9.17) is 0 Å². The minimum atomic E-state index is -0.897. The summed E-state index contributed by atoms with van der Waals surface area (Å²) in [6.45, 7) is 5.24. The summed E-state index contributed by atoms with van der Waals surface area (Å²) < 4.78 is 1.89. The van der Waals surface area contributed by atoms with E-state index in [2.05, 4.69) is 5.10 Å². The Kier molecular flexibility index (Phi) is 5.00. The Morgan fingerprint density at radius 3 is 2.55 bits per heavy atom. The van der Waals surface area contributed by atoms with E-state index in [0.717, 1.165) is 17.8 Å². The summed E-state index contributed by atoms with van der Waals surface area (Å²) in [4.78, 5) is 25.5. The SMILES string of the molecule is CCn1ncc(CN(C)C(=O)[C@H]2CC=CC[C@@H]2C(=O)O)c1C. The number of aromatic nitrogens is 2. The van der Waals surface area contributed by atoms with Crippen LogP contribution in [-0.2, 0) is 22.7 Å². The first-order chi connectivity index (χ1) is 10.5. The van der Waals surface area contributed by atoms with Crippen LogP contribution in [0.4, 0.5) is 0 Å². The zero-order chi connectivity index (χ0) is 16.3. The van der Waals surface area contributed by atoms with Crippen molar-refractivity contribution in [3.05, 3.63) is 29.6 Å². The zero-order valence-corrected chi connectivity index (χ0v) is 13.3. The second-order valence-electron chi connectivity index (χ2n) is 5.76. The number of allylic oxidation sites excluding steroid dienone is 2. The Hall–Kier alpha value is -2.11. The van der Waals surface area contributed by atoms with E-state index >= 15 is 0 Å². The van der Waals surface area contributed by atoms with E-state index in [1.54, 1.807) is 18.1 Å². The van der Waals surface area contributed by atoms with Crippen LogP contribution in [0.25, 0.3) is 0 Å². The molecule has 2 atom stereocenters. The fourth-order valence-corrected chi connectivity index (χ4v) is 2.94. The Bertz CT molecular complexity index is 591. The van der Waals surface area contributed by atoms with Gasteiger partial charge in [-0.25, -0.2) is 0 Å². The van der Waals surface area contributed by atoms with E-state index in [1.807, 2.05) is 30.7 Å². The van der Waals surface area contributed by atoms with Crippen LogP contribution in [0.1, 0.15) is 31.0 Å². The standard InChI is InChI=1S/C16H23N3O3/c1-4-19-11(2)12(9-17-19)10-18(3)15(20)13-7-5-6-8-14(13)16(21)22/h5-6,9,13-14H,4,7-8,10H2,1-3H3,(H,21,22)/t13-,14-/m0/s1. The van der Waals surface area contributed by atoms with Gasteiger partial charge in [0, 0.05) is 31.4 Å². The molecule has 120 valence electrons. The van der Waals surface area contributed by atoms with Gasteiger partial charge >= 0.3 is 5.97 Å². The normalized spacial score (nSPS) is 20.9. The lowest BCUT2D eigenvalue weighted by Crippen LogP contribution is -2.39. The molecule has 0 bridgehead atoms. The molecule has 0 saturated carbocycles.